The number of rotatable bonds is 4. The van der Waals surface area contributed by atoms with Crippen molar-refractivity contribution in [3.05, 3.63) is 23.3 Å². The van der Waals surface area contributed by atoms with Gasteiger partial charge in [-0.2, -0.15) is 0 Å². The van der Waals surface area contributed by atoms with Crippen LogP contribution in [0.2, 0.25) is 0 Å². The SMILES string of the molecule is CC(=O)C[C@@H]1CCC(=O)/C=C(\C)C(=O)O[C@H](CC(C)=O)CCC(=O)/C=C(\C)C(=O)O1. The molecule has 1 heterocycles. The molecule has 0 fully saturated rings. The molecule has 0 aliphatic carbocycles. The summed E-state index contributed by atoms with van der Waals surface area (Å²) in [5.74, 6) is -2.67. The summed E-state index contributed by atoms with van der Waals surface area (Å²) in [7, 11) is 0. The number of ether oxygens (including phenoxy) is 2. The minimum atomic E-state index is -0.814. The molecule has 8 heteroatoms. The van der Waals surface area contributed by atoms with Crippen molar-refractivity contribution < 1.29 is 38.2 Å². The van der Waals surface area contributed by atoms with Gasteiger partial charge in [-0.1, -0.05) is 0 Å². The average Bonchev–Trinajstić information content (AvgIpc) is 2.62. The van der Waals surface area contributed by atoms with Crippen molar-refractivity contribution >= 4 is 35.1 Å². The van der Waals surface area contributed by atoms with Crippen molar-refractivity contribution in [2.75, 3.05) is 0 Å². The lowest BCUT2D eigenvalue weighted by Crippen LogP contribution is -2.24. The number of esters is 2. The standard InChI is InChI=1S/C22H28O8/c1-13-9-17(25)5-7-20(12-16(4)24)30-22(28)14(2)10-18(26)6-8-19(11-15(3)23)29-21(13)27/h9-10,19-20H,5-8,11-12H2,1-4H3/b13-9+,14-10+/t19-,20-/m0/s1. The number of hydrogen-bond acceptors (Lipinski definition) is 8. The zero-order chi connectivity index (χ0) is 22.8. The third kappa shape index (κ3) is 9.54. The van der Waals surface area contributed by atoms with Gasteiger partial charge in [0.1, 0.15) is 23.8 Å². The van der Waals surface area contributed by atoms with Gasteiger partial charge in [0, 0.05) is 36.8 Å². The number of hydrogen-bond donors (Lipinski definition) is 0. The average molecular weight is 420 g/mol. The zero-order valence-electron chi connectivity index (χ0n) is 17.8. The molecular weight excluding hydrogens is 392 g/mol. The molecule has 8 nitrogen and oxygen atoms in total. The Morgan fingerprint density at radius 2 is 1.10 bits per heavy atom. The minimum absolute atomic E-state index is 0.0472. The summed E-state index contributed by atoms with van der Waals surface area (Å²) in [5, 5.41) is 0. The Morgan fingerprint density at radius 3 is 1.40 bits per heavy atom. The second-order valence-electron chi connectivity index (χ2n) is 7.53. The van der Waals surface area contributed by atoms with E-state index in [2.05, 4.69) is 0 Å². The molecule has 0 radical (unpaired) electrons. The molecule has 2 atom stereocenters. The van der Waals surface area contributed by atoms with Gasteiger partial charge >= 0.3 is 11.9 Å². The molecule has 164 valence electrons. The molecule has 0 bridgehead atoms. The highest BCUT2D eigenvalue weighted by Crippen LogP contribution is 2.16. The summed E-state index contributed by atoms with van der Waals surface area (Å²) in [6.07, 6.45) is 0.605. The van der Waals surface area contributed by atoms with Crippen molar-refractivity contribution in [2.45, 2.75) is 78.4 Å². The van der Waals surface area contributed by atoms with E-state index in [1.807, 2.05) is 0 Å². The number of carbonyl (C=O) groups excluding carboxylic acids is 6. The number of Topliss-reactive ketones (excluding diaryl/α,β-unsaturated/α-hetero) is 2. The molecule has 0 aromatic rings. The molecule has 1 rings (SSSR count). The van der Waals surface area contributed by atoms with Gasteiger partial charge in [0.2, 0.25) is 0 Å². The maximum absolute atomic E-state index is 12.3. The highest BCUT2D eigenvalue weighted by Gasteiger charge is 2.22. The molecule has 1 aliphatic rings. The van der Waals surface area contributed by atoms with Crippen LogP contribution in [0.3, 0.4) is 0 Å². The second-order valence-corrected chi connectivity index (χ2v) is 7.53. The lowest BCUT2D eigenvalue weighted by molar-refractivity contribution is -0.147. The van der Waals surface area contributed by atoms with Crippen LogP contribution in [-0.2, 0) is 38.2 Å². The Labute approximate surface area is 175 Å². The van der Waals surface area contributed by atoms with E-state index in [4.69, 9.17) is 9.47 Å². The van der Waals surface area contributed by atoms with Gasteiger partial charge in [-0.3, -0.25) is 19.2 Å². The Balaban J connectivity index is 3.13. The van der Waals surface area contributed by atoms with Crippen LogP contribution >= 0.6 is 0 Å². The van der Waals surface area contributed by atoms with Gasteiger partial charge in [-0.05, 0) is 52.7 Å². The summed E-state index contributed by atoms with van der Waals surface area (Å²) in [6.45, 7) is 5.52. The first-order valence-corrected chi connectivity index (χ1v) is 9.81. The third-order valence-electron chi connectivity index (χ3n) is 4.40. The fourth-order valence-corrected chi connectivity index (χ4v) is 2.89. The number of cyclic esters (lactones) is 2. The van der Waals surface area contributed by atoms with E-state index in [-0.39, 0.29) is 72.8 Å². The van der Waals surface area contributed by atoms with Gasteiger partial charge in [0.15, 0.2) is 11.6 Å². The Hall–Kier alpha value is -2.90. The summed E-state index contributed by atoms with van der Waals surface area (Å²) in [6, 6.07) is 0. The highest BCUT2D eigenvalue weighted by molar-refractivity contribution is 6.00. The molecule has 0 N–H and O–H groups in total. The van der Waals surface area contributed by atoms with Crippen molar-refractivity contribution in [3.63, 3.8) is 0 Å². The van der Waals surface area contributed by atoms with Crippen molar-refractivity contribution in [1.82, 2.24) is 0 Å². The summed E-state index contributed by atoms with van der Waals surface area (Å²) in [4.78, 5) is 71.8. The molecular formula is C22H28O8. The highest BCUT2D eigenvalue weighted by atomic mass is 16.5. The summed E-state index contributed by atoms with van der Waals surface area (Å²) in [5.41, 5.74) is 0.116. The fourth-order valence-electron chi connectivity index (χ4n) is 2.89. The fraction of sp³-hybridized carbons (Fsp3) is 0.545. The van der Waals surface area contributed by atoms with Crippen LogP contribution in [0.15, 0.2) is 23.3 Å². The first-order valence-electron chi connectivity index (χ1n) is 9.81. The molecule has 0 saturated carbocycles. The number of carbonyl (C=O) groups is 6. The normalized spacial score (nSPS) is 26.0. The largest absolute Gasteiger partial charge is 0.459 e. The first-order chi connectivity index (χ1) is 14.0. The first kappa shape index (κ1) is 25.1. The van der Waals surface area contributed by atoms with E-state index in [0.29, 0.717) is 0 Å². The smallest absolute Gasteiger partial charge is 0.334 e. The molecule has 0 amide bonds. The Kier molecular flexibility index (Phi) is 10.0. The van der Waals surface area contributed by atoms with Crippen molar-refractivity contribution in [1.29, 1.82) is 0 Å². The molecule has 0 aromatic heterocycles. The lowest BCUT2D eigenvalue weighted by atomic mass is 10.0. The maximum Gasteiger partial charge on any atom is 0.334 e. The second kappa shape index (κ2) is 11.9. The summed E-state index contributed by atoms with van der Waals surface area (Å²) < 4.78 is 10.6. The van der Waals surface area contributed by atoms with Crippen LogP contribution in [0, 0.1) is 0 Å². The number of allylic oxidation sites excluding steroid dienone is 2. The van der Waals surface area contributed by atoms with E-state index in [9.17, 15) is 28.8 Å². The van der Waals surface area contributed by atoms with Crippen molar-refractivity contribution in [3.8, 4) is 0 Å². The van der Waals surface area contributed by atoms with Crippen LogP contribution in [0.5, 0.6) is 0 Å². The maximum atomic E-state index is 12.3. The minimum Gasteiger partial charge on any atom is -0.459 e. The van der Waals surface area contributed by atoms with Crippen LogP contribution < -0.4 is 0 Å². The summed E-state index contributed by atoms with van der Waals surface area (Å²) >= 11 is 0. The zero-order valence-corrected chi connectivity index (χ0v) is 17.8. The van der Waals surface area contributed by atoms with Gasteiger partial charge in [0.05, 0.1) is 0 Å². The Bertz CT molecular complexity index is 721. The third-order valence-corrected chi connectivity index (χ3v) is 4.40. The van der Waals surface area contributed by atoms with Gasteiger partial charge < -0.3 is 9.47 Å². The monoisotopic (exact) mass is 420 g/mol. The van der Waals surface area contributed by atoms with Crippen molar-refractivity contribution in [2.24, 2.45) is 0 Å². The van der Waals surface area contributed by atoms with Gasteiger partial charge in [-0.25, -0.2) is 9.59 Å². The van der Waals surface area contributed by atoms with Crippen LogP contribution in [0.25, 0.3) is 0 Å². The molecule has 0 spiro atoms. The Morgan fingerprint density at radius 1 is 0.767 bits per heavy atom. The lowest BCUT2D eigenvalue weighted by Gasteiger charge is -2.18. The quantitative estimate of drug-likeness (QED) is 0.636. The van der Waals surface area contributed by atoms with Crippen LogP contribution in [0.4, 0.5) is 0 Å². The number of ketones is 4. The van der Waals surface area contributed by atoms with Gasteiger partial charge in [-0.15, -0.1) is 0 Å². The van der Waals surface area contributed by atoms with E-state index in [1.54, 1.807) is 0 Å². The van der Waals surface area contributed by atoms with Crippen LogP contribution in [-0.4, -0.2) is 47.3 Å². The molecule has 0 aromatic carbocycles. The molecule has 1 aliphatic heterocycles. The molecule has 0 saturated heterocycles. The molecule has 30 heavy (non-hydrogen) atoms. The molecule has 0 unspecified atom stereocenters. The van der Waals surface area contributed by atoms with E-state index >= 15 is 0 Å². The van der Waals surface area contributed by atoms with Crippen LogP contribution in [0.1, 0.15) is 66.2 Å². The van der Waals surface area contributed by atoms with E-state index in [0.717, 1.165) is 12.2 Å². The predicted octanol–water partition coefficient (Wildman–Crippen LogP) is 2.37. The predicted molar refractivity (Wildman–Crippen MR) is 106 cm³/mol. The topological polar surface area (TPSA) is 121 Å². The van der Waals surface area contributed by atoms with E-state index in [1.165, 1.54) is 27.7 Å². The van der Waals surface area contributed by atoms with E-state index < -0.39 is 24.1 Å². The van der Waals surface area contributed by atoms with Gasteiger partial charge in [0.25, 0.3) is 0 Å².